The van der Waals surface area contributed by atoms with Crippen molar-refractivity contribution < 1.29 is 14.6 Å². The average Bonchev–Trinajstić information content (AvgIpc) is 3.06. The molecule has 136 valence electrons. The second-order valence-electron chi connectivity index (χ2n) is 5.76. The van der Waals surface area contributed by atoms with E-state index in [0.29, 0.717) is 36.2 Å². The van der Waals surface area contributed by atoms with Crippen LogP contribution in [0, 0.1) is 0 Å². The molecule has 0 fully saturated rings. The zero-order chi connectivity index (χ0) is 18.1. The SMILES string of the molecule is O=C(O)CCCCCOCC(Cn1cncn1)c1ccc(Cl)cc1Cl. The van der Waals surface area contributed by atoms with Gasteiger partial charge in [-0.1, -0.05) is 35.7 Å². The lowest BCUT2D eigenvalue weighted by molar-refractivity contribution is -0.137. The van der Waals surface area contributed by atoms with Crippen LogP contribution in [0.2, 0.25) is 10.0 Å². The Morgan fingerprint density at radius 3 is 2.80 bits per heavy atom. The predicted octanol–water partition coefficient (Wildman–Crippen LogP) is 4.03. The van der Waals surface area contributed by atoms with Crippen LogP contribution in [0.5, 0.6) is 0 Å². The van der Waals surface area contributed by atoms with E-state index >= 15 is 0 Å². The number of carbonyl (C=O) groups is 1. The fraction of sp³-hybridized carbons (Fsp3) is 0.471. The van der Waals surface area contributed by atoms with Crippen molar-refractivity contribution in [3.8, 4) is 0 Å². The third-order valence-corrected chi connectivity index (χ3v) is 4.34. The van der Waals surface area contributed by atoms with Crippen molar-refractivity contribution in [2.24, 2.45) is 0 Å². The van der Waals surface area contributed by atoms with Crippen molar-refractivity contribution in [1.82, 2.24) is 14.8 Å². The summed E-state index contributed by atoms with van der Waals surface area (Å²) in [4.78, 5) is 14.4. The molecule has 8 heteroatoms. The first-order valence-corrected chi connectivity index (χ1v) is 8.88. The molecule has 1 atom stereocenters. The minimum Gasteiger partial charge on any atom is -0.481 e. The van der Waals surface area contributed by atoms with Crippen LogP contribution < -0.4 is 0 Å². The van der Waals surface area contributed by atoms with Gasteiger partial charge in [0, 0.05) is 29.0 Å². The molecular weight excluding hydrogens is 365 g/mol. The number of halogens is 2. The van der Waals surface area contributed by atoms with Crippen LogP contribution >= 0.6 is 23.2 Å². The first-order valence-electron chi connectivity index (χ1n) is 8.13. The molecule has 1 unspecified atom stereocenters. The third kappa shape index (κ3) is 7.02. The molecule has 0 amide bonds. The van der Waals surface area contributed by atoms with Gasteiger partial charge < -0.3 is 9.84 Å². The van der Waals surface area contributed by atoms with E-state index in [4.69, 9.17) is 33.0 Å². The van der Waals surface area contributed by atoms with Crippen LogP contribution in [-0.2, 0) is 16.1 Å². The number of aliphatic carboxylic acids is 1. The highest BCUT2D eigenvalue weighted by molar-refractivity contribution is 6.35. The summed E-state index contributed by atoms with van der Waals surface area (Å²) in [5.74, 6) is -0.739. The summed E-state index contributed by atoms with van der Waals surface area (Å²) < 4.78 is 7.53. The Kier molecular flexibility index (Phi) is 8.18. The number of nitrogens with zero attached hydrogens (tertiary/aromatic N) is 3. The molecule has 0 aliphatic carbocycles. The summed E-state index contributed by atoms with van der Waals surface area (Å²) >= 11 is 12.3. The minimum atomic E-state index is -0.758. The number of hydrogen-bond donors (Lipinski definition) is 1. The molecular formula is C17H21Cl2N3O3. The van der Waals surface area contributed by atoms with Crippen LogP contribution in [0.1, 0.15) is 37.2 Å². The fourth-order valence-electron chi connectivity index (χ4n) is 2.51. The summed E-state index contributed by atoms with van der Waals surface area (Å²) in [6, 6.07) is 5.43. The Labute approximate surface area is 156 Å². The summed E-state index contributed by atoms with van der Waals surface area (Å²) in [5.41, 5.74) is 0.951. The Morgan fingerprint density at radius 2 is 2.12 bits per heavy atom. The number of carboxylic acids is 1. The van der Waals surface area contributed by atoms with Gasteiger partial charge in [0.15, 0.2) is 0 Å². The van der Waals surface area contributed by atoms with Crippen molar-refractivity contribution in [2.75, 3.05) is 13.2 Å². The second kappa shape index (κ2) is 10.4. The molecule has 2 aromatic rings. The maximum atomic E-state index is 10.5. The van der Waals surface area contributed by atoms with Crippen molar-refractivity contribution in [3.63, 3.8) is 0 Å². The maximum Gasteiger partial charge on any atom is 0.303 e. The zero-order valence-corrected chi connectivity index (χ0v) is 15.3. The van der Waals surface area contributed by atoms with Gasteiger partial charge in [-0.25, -0.2) is 4.98 Å². The summed E-state index contributed by atoms with van der Waals surface area (Å²) in [5, 5.41) is 13.9. The van der Waals surface area contributed by atoms with Crippen molar-refractivity contribution in [2.45, 2.75) is 38.1 Å². The van der Waals surface area contributed by atoms with Crippen LogP contribution in [0.3, 0.4) is 0 Å². The van der Waals surface area contributed by atoms with E-state index < -0.39 is 5.97 Å². The van der Waals surface area contributed by atoms with Crippen molar-refractivity contribution in [1.29, 1.82) is 0 Å². The van der Waals surface area contributed by atoms with Crippen molar-refractivity contribution in [3.05, 3.63) is 46.5 Å². The lowest BCUT2D eigenvalue weighted by Gasteiger charge is -2.19. The fourth-order valence-corrected chi connectivity index (χ4v) is 3.07. The number of hydrogen-bond acceptors (Lipinski definition) is 4. The summed E-state index contributed by atoms with van der Waals surface area (Å²) in [6.45, 7) is 1.67. The van der Waals surface area contributed by atoms with E-state index in [0.717, 1.165) is 18.4 Å². The average molecular weight is 386 g/mol. The molecule has 0 saturated carbocycles. The molecule has 0 saturated heterocycles. The Balaban J connectivity index is 1.88. The van der Waals surface area contributed by atoms with Gasteiger partial charge in [-0.2, -0.15) is 5.10 Å². The van der Waals surface area contributed by atoms with Gasteiger partial charge in [0.25, 0.3) is 0 Å². The van der Waals surface area contributed by atoms with E-state index in [1.807, 2.05) is 12.1 Å². The topological polar surface area (TPSA) is 77.2 Å². The monoisotopic (exact) mass is 385 g/mol. The molecule has 0 bridgehead atoms. The van der Waals surface area contributed by atoms with E-state index in [9.17, 15) is 4.79 Å². The number of unbranched alkanes of at least 4 members (excludes halogenated alkanes) is 2. The molecule has 1 aromatic carbocycles. The van der Waals surface area contributed by atoms with Gasteiger partial charge in [0.2, 0.25) is 0 Å². The van der Waals surface area contributed by atoms with Crippen LogP contribution in [0.4, 0.5) is 0 Å². The standard InChI is InChI=1S/C17H21Cl2N3O3/c18-14-5-6-15(16(19)8-14)13(9-22-12-20-11-21-22)10-25-7-3-1-2-4-17(23)24/h5-6,8,11-13H,1-4,7,9-10H2,(H,23,24). The highest BCUT2D eigenvalue weighted by Crippen LogP contribution is 2.29. The molecule has 25 heavy (non-hydrogen) atoms. The van der Waals surface area contributed by atoms with E-state index in [-0.39, 0.29) is 12.3 Å². The van der Waals surface area contributed by atoms with Crippen molar-refractivity contribution >= 4 is 29.2 Å². The molecule has 0 spiro atoms. The largest absolute Gasteiger partial charge is 0.481 e. The minimum absolute atomic E-state index is 0.0190. The van der Waals surface area contributed by atoms with Gasteiger partial charge in [-0.3, -0.25) is 9.48 Å². The number of benzene rings is 1. The van der Waals surface area contributed by atoms with Crippen LogP contribution in [-0.4, -0.2) is 39.1 Å². The van der Waals surface area contributed by atoms with E-state index in [2.05, 4.69) is 10.1 Å². The molecule has 2 rings (SSSR count). The number of ether oxygens (including phenoxy) is 1. The highest BCUT2D eigenvalue weighted by atomic mass is 35.5. The molecule has 1 aromatic heterocycles. The zero-order valence-electron chi connectivity index (χ0n) is 13.8. The Morgan fingerprint density at radius 1 is 1.28 bits per heavy atom. The molecule has 0 aliphatic heterocycles. The highest BCUT2D eigenvalue weighted by Gasteiger charge is 2.17. The first kappa shape index (κ1) is 19.7. The second-order valence-corrected chi connectivity index (χ2v) is 6.60. The third-order valence-electron chi connectivity index (χ3n) is 3.77. The predicted molar refractivity (Wildman–Crippen MR) is 96.1 cm³/mol. The van der Waals surface area contributed by atoms with Crippen LogP contribution in [0.15, 0.2) is 30.9 Å². The molecule has 0 aliphatic rings. The van der Waals surface area contributed by atoms with E-state index in [1.165, 1.54) is 6.33 Å². The number of aromatic nitrogens is 3. The van der Waals surface area contributed by atoms with Gasteiger partial charge in [0.1, 0.15) is 12.7 Å². The summed E-state index contributed by atoms with van der Waals surface area (Å²) in [7, 11) is 0. The smallest absolute Gasteiger partial charge is 0.303 e. The summed E-state index contributed by atoms with van der Waals surface area (Å²) in [6.07, 6.45) is 5.69. The molecule has 1 heterocycles. The molecule has 1 N–H and O–H groups in total. The number of rotatable bonds is 11. The van der Waals surface area contributed by atoms with Gasteiger partial charge in [-0.05, 0) is 30.5 Å². The first-order chi connectivity index (χ1) is 12.1. The van der Waals surface area contributed by atoms with E-state index in [1.54, 1.807) is 17.1 Å². The number of carboxylic acid groups (broad SMARTS) is 1. The van der Waals surface area contributed by atoms with Crippen LogP contribution in [0.25, 0.3) is 0 Å². The lowest BCUT2D eigenvalue weighted by Crippen LogP contribution is -2.16. The van der Waals surface area contributed by atoms with Gasteiger partial charge >= 0.3 is 5.97 Å². The molecule has 0 radical (unpaired) electrons. The maximum absolute atomic E-state index is 10.5. The molecule has 6 nitrogen and oxygen atoms in total. The lowest BCUT2D eigenvalue weighted by atomic mass is 10.00. The Bertz CT molecular complexity index is 665. The quantitative estimate of drug-likeness (QED) is 0.590. The normalized spacial score (nSPS) is 12.2. The van der Waals surface area contributed by atoms with Gasteiger partial charge in [0.05, 0.1) is 13.2 Å². The Hall–Kier alpha value is -1.63. The van der Waals surface area contributed by atoms with Gasteiger partial charge in [-0.15, -0.1) is 0 Å².